The number of halogens is 1. The van der Waals surface area contributed by atoms with E-state index >= 15 is 0 Å². The smallest absolute Gasteiger partial charge is 0.123 e. The Balaban J connectivity index is 1.04. The molecule has 1 saturated heterocycles. The van der Waals surface area contributed by atoms with Crippen LogP contribution in [-0.4, -0.2) is 82.1 Å². The number of fused-ring (bicyclic) bond motifs is 1. The van der Waals surface area contributed by atoms with Gasteiger partial charge >= 0.3 is 0 Å². The van der Waals surface area contributed by atoms with Crippen LogP contribution in [0.2, 0.25) is 0 Å². The minimum Gasteiger partial charge on any atom is -0.491 e. The fourth-order valence-electron chi connectivity index (χ4n) is 4.76. The van der Waals surface area contributed by atoms with Crippen molar-refractivity contribution in [2.24, 2.45) is 0 Å². The van der Waals surface area contributed by atoms with Crippen molar-refractivity contribution in [3.63, 3.8) is 0 Å². The molecule has 1 aliphatic rings. The van der Waals surface area contributed by atoms with E-state index in [-0.39, 0.29) is 12.4 Å². The fraction of sp³-hybridized carbons (Fsp3) is 0.429. The van der Waals surface area contributed by atoms with Gasteiger partial charge in [0.15, 0.2) is 0 Å². The lowest BCUT2D eigenvalue weighted by Gasteiger charge is -2.35. The van der Waals surface area contributed by atoms with Crippen LogP contribution >= 0.6 is 11.3 Å². The van der Waals surface area contributed by atoms with E-state index in [1.54, 1.807) is 23.5 Å². The minimum atomic E-state index is -0.546. The highest BCUT2D eigenvalue weighted by molar-refractivity contribution is 7.18. The monoisotopic (exact) mass is 523 g/mol. The van der Waals surface area contributed by atoms with Crippen molar-refractivity contribution in [1.82, 2.24) is 25.0 Å². The van der Waals surface area contributed by atoms with Crippen LogP contribution in [0.5, 0.6) is 5.75 Å². The zero-order valence-corrected chi connectivity index (χ0v) is 22.0. The van der Waals surface area contributed by atoms with Crippen LogP contribution in [-0.2, 0) is 12.8 Å². The standard InChI is InChI=1S/C28H34FN5O2S/c1-2-3-28-31-26-16-23(8-9-27(26)37-28)36-19-22(35)18-34-14-12-33(13-15-34)11-10-25-24(17-30-32-25)20-4-6-21(29)7-5-20/h4-9,16-17,22,35H,2-3,10-15,18-19H2,1H3,(H,30,32)/t22-/m1/s1. The van der Waals surface area contributed by atoms with Gasteiger partial charge in [-0.3, -0.25) is 10.00 Å². The van der Waals surface area contributed by atoms with Crippen molar-refractivity contribution >= 4 is 21.6 Å². The molecule has 1 atom stereocenters. The molecule has 1 aliphatic heterocycles. The molecule has 0 unspecified atom stereocenters. The van der Waals surface area contributed by atoms with Gasteiger partial charge in [0.1, 0.15) is 24.3 Å². The van der Waals surface area contributed by atoms with Crippen molar-refractivity contribution < 1.29 is 14.2 Å². The molecule has 0 amide bonds. The van der Waals surface area contributed by atoms with Crippen LogP contribution < -0.4 is 4.74 Å². The average molecular weight is 524 g/mol. The number of aliphatic hydroxyl groups is 1. The third-order valence-corrected chi connectivity index (χ3v) is 7.88. The number of aliphatic hydroxyl groups excluding tert-OH is 1. The second kappa shape index (κ2) is 12.1. The lowest BCUT2D eigenvalue weighted by Crippen LogP contribution is -2.49. The molecule has 2 N–H and O–H groups in total. The summed E-state index contributed by atoms with van der Waals surface area (Å²) in [6.45, 7) is 7.66. The zero-order valence-electron chi connectivity index (χ0n) is 21.2. The van der Waals surface area contributed by atoms with Crippen molar-refractivity contribution in [2.75, 3.05) is 45.9 Å². The van der Waals surface area contributed by atoms with Crippen LogP contribution in [0.15, 0.2) is 48.7 Å². The highest BCUT2D eigenvalue weighted by Crippen LogP contribution is 2.27. The molecule has 1 fully saturated rings. The predicted octanol–water partition coefficient (Wildman–Crippen LogP) is 4.38. The number of aromatic amines is 1. The Morgan fingerprint density at radius 1 is 1.08 bits per heavy atom. The Morgan fingerprint density at radius 3 is 2.65 bits per heavy atom. The molecule has 0 radical (unpaired) electrons. The lowest BCUT2D eigenvalue weighted by atomic mass is 10.0. The summed E-state index contributed by atoms with van der Waals surface area (Å²) >= 11 is 1.74. The van der Waals surface area contributed by atoms with Crippen molar-refractivity contribution in [3.05, 3.63) is 65.2 Å². The summed E-state index contributed by atoms with van der Waals surface area (Å²) in [4.78, 5) is 9.41. The second-order valence-corrected chi connectivity index (χ2v) is 10.7. The zero-order chi connectivity index (χ0) is 25.6. The molecule has 2 aromatic carbocycles. The van der Waals surface area contributed by atoms with Crippen molar-refractivity contribution in [2.45, 2.75) is 32.3 Å². The number of piperazine rings is 1. The Kier molecular flexibility index (Phi) is 8.45. The summed E-state index contributed by atoms with van der Waals surface area (Å²) in [6, 6.07) is 12.5. The number of aromatic nitrogens is 3. The highest BCUT2D eigenvalue weighted by atomic mass is 32.1. The van der Waals surface area contributed by atoms with E-state index in [0.29, 0.717) is 6.54 Å². The van der Waals surface area contributed by atoms with Gasteiger partial charge in [-0.05, 0) is 42.7 Å². The maximum absolute atomic E-state index is 13.3. The van der Waals surface area contributed by atoms with E-state index in [2.05, 4.69) is 38.0 Å². The molecule has 4 aromatic rings. The number of benzene rings is 2. The number of nitrogens with one attached hydrogen (secondary N) is 1. The summed E-state index contributed by atoms with van der Waals surface area (Å²) < 4.78 is 20.3. The van der Waals surface area contributed by atoms with Gasteiger partial charge in [0, 0.05) is 63.5 Å². The van der Waals surface area contributed by atoms with Gasteiger partial charge in [0.2, 0.25) is 0 Å². The van der Waals surface area contributed by atoms with Crippen LogP contribution in [0, 0.1) is 5.82 Å². The third kappa shape index (κ3) is 6.73. The second-order valence-electron chi connectivity index (χ2n) is 9.60. The van der Waals surface area contributed by atoms with Gasteiger partial charge in [0.05, 0.1) is 20.9 Å². The van der Waals surface area contributed by atoms with Crippen molar-refractivity contribution in [3.8, 4) is 16.9 Å². The van der Waals surface area contributed by atoms with Crippen LogP contribution in [0.25, 0.3) is 21.3 Å². The van der Waals surface area contributed by atoms with Gasteiger partial charge < -0.3 is 14.7 Å². The largest absolute Gasteiger partial charge is 0.491 e. The predicted molar refractivity (Wildman–Crippen MR) is 146 cm³/mol. The van der Waals surface area contributed by atoms with Crippen LogP contribution in [0.3, 0.4) is 0 Å². The molecule has 37 heavy (non-hydrogen) atoms. The van der Waals surface area contributed by atoms with E-state index < -0.39 is 6.10 Å². The third-order valence-electron chi connectivity index (χ3n) is 6.78. The quantitative estimate of drug-likeness (QED) is 0.304. The van der Waals surface area contributed by atoms with Gasteiger partial charge in [-0.2, -0.15) is 5.10 Å². The SMILES string of the molecule is CCCc1nc2cc(OC[C@H](O)CN3CCN(CCc4n[nH]cc4-c4ccc(F)cc4)CC3)ccc2s1. The van der Waals surface area contributed by atoms with Gasteiger partial charge in [-0.15, -0.1) is 11.3 Å². The molecule has 2 aromatic heterocycles. The van der Waals surface area contributed by atoms with E-state index in [4.69, 9.17) is 4.74 Å². The molecule has 3 heterocycles. The summed E-state index contributed by atoms with van der Waals surface area (Å²) in [5.41, 5.74) is 3.96. The highest BCUT2D eigenvalue weighted by Gasteiger charge is 2.20. The van der Waals surface area contributed by atoms with E-state index in [1.807, 2.05) is 18.3 Å². The van der Waals surface area contributed by atoms with Gasteiger partial charge in [0.25, 0.3) is 0 Å². The Morgan fingerprint density at radius 2 is 1.86 bits per heavy atom. The van der Waals surface area contributed by atoms with Crippen LogP contribution in [0.4, 0.5) is 4.39 Å². The molecule has 0 aliphatic carbocycles. The first kappa shape index (κ1) is 25.8. The minimum absolute atomic E-state index is 0.235. The first-order chi connectivity index (χ1) is 18.1. The molecule has 0 saturated carbocycles. The number of ether oxygens (including phenoxy) is 1. The summed E-state index contributed by atoms with van der Waals surface area (Å²) in [5, 5.41) is 19.1. The maximum atomic E-state index is 13.3. The average Bonchev–Trinajstić information content (AvgIpc) is 3.54. The summed E-state index contributed by atoms with van der Waals surface area (Å²) in [7, 11) is 0. The summed E-state index contributed by atoms with van der Waals surface area (Å²) in [5.74, 6) is 0.518. The molecule has 196 valence electrons. The van der Waals surface area contributed by atoms with Gasteiger partial charge in [-0.1, -0.05) is 19.1 Å². The summed E-state index contributed by atoms with van der Waals surface area (Å²) in [6.07, 6.45) is 4.25. The van der Waals surface area contributed by atoms with Crippen LogP contribution in [0.1, 0.15) is 24.0 Å². The number of aryl methyl sites for hydroxylation is 1. The molecular formula is C28H34FN5O2S. The maximum Gasteiger partial charge on any atom is 0.123 e. The number of H-pyrrole nitrogens is 1. The van der Waals surface area contributed by atoms with Gasteiger partial charge in [-0.25, -0.2) is 9.37 Å². The number of thiazole rings is 1. The molecule has 9 heteroatoms. The number of hydrogen-bond acceptors (Lipinski definition) is 7. The molecular weight excluding hydrogens is 489 g/mol. The molecule has 0 spiro atoms. The van der Waals surface area contributed by atoms with Crippen molar-refractivity contribution in [1.29, 1.82) is 0 Å². The molecule has 7 nitrogen and oxygen atoms in total. The fourth-order valence-corrected chi connectivity index (χ4v) is 5.81. The number of hydrogen-bond donors (Lipinski definition) is 2. The molecule has 0 bridgehead atoms. The topological polar surface area (TPSA) is 77.5 Å². The van der Waals surface area contributed by atoms with E-state index in [0.717, 1.165) is 85.1 Å². The Bertz CT molecular complexity index is 1280. The number of β-amino-alcohol motifs (C(OH)–C–C–N with tert-alkyl or cyclic N) is 1. The lowest BCUT2D eigenvalue weighted by molar-refractivity contribution is 0.0463. The first-order valence-electron chi connectivity index (χ1n) is 13.0. The normalized spacial score (nSPS) is 15.9. The Labute approximate surface area is 220 Å². The molecule has 5 rings (SSSR count). The number of nitrogens with zero attached hydrogens (tertiary/aromatic N) is 4. The Hall–Kier alpha value is -2.85. The number of rotatable bonds is 11. The first-order valence-corrected chi connectivity index (χ1v) is 13.8. The van der Waals surface area contributed by atoms with E-state index in [1.165, 1.54) is 16.8 Å². The van der Waals surface area contributed by atoms with E-state index in [9.17, 15) is 9.50 Å².